The standard InChI is InChI=1S/C9H10N2O3/c1-2-3-4-14-8-6-10-5-7(11-8)9(12)13/h2,5-6H,1,3-4H2,(H,12,13). The van der Waals surface area contributed by atoms with Crippen molar-refractivity contribution in [2.45, 2.75) is 6.42 Å². The van der Waals surface area contributed by atoms with Crippen LogP contribution >= 0.6 is 0 Å². The third-order valence-corrected chi connectivity index (χ3v) is 1.40. The molecule has 0 aliphatic rings. The van der Waals surface area contributed by atoms with E-state index in [4.69, 9.17) is 9.84 Å². The Morgan fingerprint density at radius 2 is 2.43 bits per heavy atom. The van der Waals surface area contributed by atoms with Crippen molar-refractivity contribution in [3.8, 4) is 5.88 Å². The molecule has 1 aromatic heterocycles. The Labute approximate surface area is 81.1 Å². The van der Waals surface area contributed by atoms with Gasteiger partial charge in [-0.1, -0.05) is 6.08 Å². The number of ether oxygens (including phenoxy) is 1. The zero-order valence-electron chi connectivity index (χ0n) is 7.51. The van der Waals surface area contributed by atoms with Crippen molar-refractivity contribution in [1.82, 2.24) is 9.97 Å². The van der Waals surface area contributed by atoms with Gasteiger partial charge in [0, 0.05) is 0 Å². The first-order valence-electron chi connectivity index (χ1n) is 4.03. The molecule has 0 unspecified atom stereocenters. The molecule has 0 saturated carbocycles. The van der Waals surface area contributed by atoms with Crippen LogP contribution in [0.1, 0.15) is 16.9 Å². The Morgan fingerprint density at radius 3 is 3.07 bits per heavy atom. The minimum Gasteiger partial charge on any atom is -0.476 e. The fourth-order valence-electron chi connectivity index (χ4n) is 0.767. The largest absolute Gasteiger partial charge is 0.476 e. The van der Waals surface area contributed by atoms with Gasteiger partial charge in [-0.25, -0.2) is 9.78 Å². The monoisotopic (exact) mass is 194 g/mol. The number of aromatic carboxylic acids is 1. The Balaban J connectivity index is 2.63. The average Bonchev–Trinajstić information content (AvgIpc) is 2.19. The van der Waals surface area contributed by atoms with Crippen molar-refractivity contribution in [2.75, 3.05) is 6.61 Å². The molecule has 1 aromatic rings. The van der Waals surface area contributed by atoms with Crippen molar-refractivity contribution in [3.63, 3.8) is 0 Å². The molecule has 0 atom stereocenters. The molecule has 5 heteroatoms. The van der Waals surface area contributed by atoms with Crippen LogP contribution in [0.3, 0.4) is 0 Å². The molecule has 14 heavy (non-hydrogen) atoms. The molecule has 5 nitrogen and oxygen atoms in total. The van der Waals surface area contributed by atoms with E-state index in [1.165, 1.54) is 12.4 Å². The first-order valence-corrected chi connectivity index (χ1v) is 4.03. The van der Waals surface area contributed by atoms with Crippen molar-refractivity contribution in [3.05, 3.63) is 30.7 Å². The van der Waals surface area contributed by atoms with Gasteiger partial charge in [-0.2, -0.15) is 0 Å². The Bertz CT molecular complexity index is 339. The Hall–Kier alpha value is -1.91. The zero-order valence-corrected chi connectivity index (χ0v) is 7.51. The number of hydrogen-bond donors (Lipinski definition) is 1. The third kappa shape index (κ3) is 2.85. The van der Waals surface area contributed by atoms with Gasteiger partial charge in [0.1, 0.15) is 0 Å². The van der Waals surface area contributed by atoms with Crippen LogP contribution < -0.4 is 4.74 Å². The normalized spacial score (nSPS) is 9.43. The van der Waals surface area contributed by atoms with E-state index in [0.717, 1.165) is 0 Å². The molecule has 0 aromatic carbocycles. The second-order valence-electron chi connectivity index (χ2n) is 2.47. The molecular weight excluding hydrogens is 184 g/mol. The molecule has 0 fully saturated rings. The summed E-state index contributed by atoms with van der Waals surface area (Å²) in [5.74, 6) is -0.904. The predicted molar refractivity (Wildman–Crippen MR) is 49.3 cm³/mol. The quantitative estimate of drug-likeness (QED) is 0.561. The Morgan fingerprint density at radius 1 is 1.64 bits per heavy atom. The molecule has 1 rings (SSSR count). The van der Waals surface area contributed by atoms with E-state index >= 15 is 0 Å². The fraction of sp³-hybridized carbons (Fsp3) is 0.222. The van der Waals surface area contributed by atoms with Crippen molar-refractivity contribution in [2.24, 2.45) is 0 Å². The van der Waals surface area contributed by atoms with E-state index in [-0.39, 0.29) is 11.6 Å². The fourth-order valence-corrected chi connectivity index (χ4v) is 0.767. The summed E-state index contributed by atoms with van der Waals surface area (Å²) >= 11 is 0. The van der Waals surface area contributed by atoms with Gasteiger partial charge in [-0.3, -0.25) is 4.98 Å². The third-order valence-electron chi connectivity index (χ3n) is 1.40. The highest BCUT2D eigenvalue weighted by atomic mass is 16.5. The van der Waals surface area contributed by atoms with Gasteiger partial charge in [0.15, 0.2) is 5.69 Å². The van der Waals surface area contributed by atoms with E-state index in [9.17, 15) is 4.79 Å². The van der Waals surface area contributed by atoms with Crippen LogP contribution in [-0.2, 0) is 0 Å². The molecule has 0 radical (unpaired) electrons. The maximum absolute atomic E-state index is 10.5. The first kappa shape index (κ1) is 10.2. The molecule has 1 N–H and O–H groups in total. The molecule has 0 aliphatic carbocycles. The predicted octanol–water partition coefficient (Wildman–Crippen LogP) is 1.13. The van der Waals surface area contributed by atoms with Gasteiger partial charge in [0.2, 0.25) is 5.88 Å². The molecule has 0 aliphatic heterocycles. The van der Waals surface area contributed by atoms with Crippen molar-refractivity contribution < 1.29 is 14.6 Å². The summed E-state index contributed by atoms with van der Waals surface area (Å²) in [6, 6.07) is 0. The topological polar surface area (TPSA) is 72.3 Å². The lowest BCUT2D eigenvalue weighted by Gasteiger charge is -2.02. The number of carbonyl (C=O) groups is 1. The number of rotatable bonds is 5. The summed E-state index contributed by atoms with van der Waals surface area (Å²) in [4.78, 5) is 17.9. The minimum atomic E-state index is -1.12. The van der Waals surface area contributed by atoms with Crippen LogP contribution in [0.5, 0.6) is 5.88 Å². The van der Waals surface area contributed by atoms with E-state index in [2.05, 4.69) is 16.5 Å². The highest BCUT2D eigenvalue weighted by Crippen LogP contribution is 2.05. The molecular formula is C9H10N2O3. The van der Waals surface area contributed by atoms with E-state index in [1.807, 2.05) is 0 Å². The molecule has 74 valence electrons. The molecule has 0 bridgehead atoms. The van der Waals surface area contributed by atoms with Crippen LogP contribution in [0.15, 0.2) is 25.0 Å². The lowest BCUT2D eigenvalue weighted by atomic mass is 10.4. The first-order chi connectivity index (χ1) is 6.74. The molecule has 0 amide bonds. The van der Waals surface area contributed by atoms with E-state index in [1.54, 1.807) is 6.08 Å². The molecule has 0 spiro atoms. The number of aromatic nitrogens is 2. The van der Waals surface area contributed by atoms with Crippen LogP contribution in [0.4, 0.5) is 0 Å². The van der Waals surface area contributed by atoms with Gasteiger partial charge in [-0.05, 0) is 6.42 Å². The van der Waals surface area contributed by atoms with Crippen LogP contribution in [0.25, 0.3) is 0 Å². The highest BCUT2D eigenvalue weighted by Gasteiger charge is 2.05. The highest BCUT2D eigenvalue weighted by molar-refractivity contribution is 5.84. The van der Waals surface area contributed by atoms with Crippen molar-refractivity contribution >= 4 is 5.97 Å². The van der Waals surface area contributed by atoms with Crippen LogP contribution in [0.2, 0.25) is 0 Å². The van der Waals surface area contributed by atoms with E-state index in [0.29, 0.717) is 13.0 Å². The number of carboxylic acid groups (broad SMARTS) is 1. The average molecular weight is 194 g/mol. The van der Waals surface area contributed by atoms with E-state index < -0.39 is 5.97 Å². The van der Waals surface area contributed by atoms with Gasteiger partial charge < -0.3 is 9.84 Å². The van der Waals surface area contributed by atoms with Gasteiger partial charge >= 0.3 is 5.97 Å². The zero-order chi connectivity index (χ0) is 10.4. The maximum atomic E-state index is 10.5. The lowest BCUT2D eigenvalue weighted by Crippen LogP contribution is -2.04. The number of carboxylic acids is 1. The summed E-state index contributed by atoms with van der Waals surface area (Å²) in [6.07, 6.45) is 4.92. The minimum absolute atomic E-state index is 0.124. The van der Waals surface area contributed by atoms with Crippen LogP contribution in [0, 0.1) is 0 Å². The number of nitrogens with zero attached hydrogens (tertiary/aromatic N) is 2. The summed E-state index contributed by atoms with van der Waals surface area (Å²) in [7, 11) is 0. The lowest BCUT2D eigenvalue weighted by molar-refractivity contribution is 0.0688. The summed E-state index contributed by atoms with van der Waals surface area (Å²) < 4.78 is 5.13. The van der Waals surface area contributed by atoms with Gasteiger partial charge in [-0.15, -0.1) is 6.58 Å². The summed E-state index contributed by atoms with van der Waals surface area (Å²) in [6.45, 7) is 3.95. The maximum Gasteiger partial charge on any atom is 0.356 e. The SMILES string of the molecule is C=CCCOc1cncc(C(=O)O)n1. The summed E-state index contributed by atoms with van der Waals surface area (Å²) in [5, 5.41) is 8.61. The smallest absolute Gasteiger partial charge is 0.356 e. The Kier molecular flexibility index (Phi) is 3.60. The van der Waals surface area contributed by atoms with Gasteiger partial charge in [0.05, 0.1) is 19.0 Å². The molecule has 0 saturated heterocycles. The molecule has 1 heterocycles. The second kappa shape index (κ2) is 4.96. The summed E-state index contributed by atoms with van der Waals surface area (Å²) in [5.41, 5.74) is -0.124. The second-order valence-corrected chi connectivity index (χ2v) is 2.47. The number of hydrogen-bond acceptors (Lipinski definition) is 4. The van der Waals surface area contributed by atoms with Crippen molar-refractivity contribution in [1.29, 1.82) is 0 Å². The van der Waals surface area contributed by atoms with Gasteiger partial charge in [0.25, 0.3) is 0 Å². The van der Waals surface area contributed by atoms with Crippen LogP contribution in [-0.4, -0.2) is 27.7 Å².